The monoisotopic (exact) mass is 891 g/mol. The first-order chi connectivity index (χ1) is 26.2. The number of pyridine rings is 2. The van der Waals surface area contributed by atoms with E-state index in [0.717, 1.165) is 51.1 Å². The van der Waals surface area contributed by atoms with Gasteiger partial charge in [0.15, 0.2) is 0 Å². The van der Waals surface area contributed by atoms with Gasteiger partial charge in [0, 0.05) is 43.3 Å². The Morgan fingerprint density at radius 3 is 2.18 bits per heavy atom. The molecule has 0 N–H and O–H groups in total. The van der Waals surface area contributed by atoms with Crippen molar-refractivity contribution in [1.82, 2.24) is 9.97 Å². The molecule has 0 saturated heterocycles. The minimum Gasteiger partial charge on any atom is -0.456 e. The van der Waals surface area contributed by atoms with Gasteiger partial charge in [-0.15, -0.1) is 70.8 Å². The molecule has 4 heteroatoms. The molecule has 0 amide bonds. The Morgan fingerprint density at radius 1 is 0.600 bits per heavy atom. The molecule has 6 aromatic carbocycles. The number of aryl methyl sites for hydroxylation is 2. The van der Waals surface area contributed by atoms with E-state index in [2.05, 4.69) is 166 Å². The Balaban J connectivity index is 0.000000190. The molecule has 3 nitrogen and oxygen atoms in total. The molecule has 0 bridgehead atoms. The van der Waals surface area contributed by atoms with Crippen LogP contribution in [0.1, 0.15) is 37.5 Å². The third-order valence-electron chi connectivity index (χ3n) is 9.78. The number of aromatic nitrogens is 2. The van der Waals surface area contributed by atoms with Crippen molar-refractivity contribution in [2.24, 2.45) is 5.41 Å². The maximum atomic E-state index is 6.12. The van der Waals surface area contributed by atoms with Gasteiger partial charge in [-0.3, -0.25) is 0 Å². The Bertz CT molecular complexity index is 2740. The zero-order valence-corrected chi connectivity index (χ0v) is 34.2. The van der Waals surface area contributed by atoms with Gasteiger partial charge in [-0.1, -0.05) is 118 Å². The molecule has 3 heterocycles. The fourth-order valence-electron chi connectivity index (χ4n) is 7.22. The van der Waals surface area contributed by atoms with Crippen molar-refractivity contribution >= 4 is 32.7 Å². The molecule has 0 spiro atoms. The molecule has 3 aromatic heterocycles. The summed E-state index contributed by atoms with van der Waals surface area (Å²) in [5.41, 5.74) is 14.6. The first-order valence-electron chi connectivity index (χ1n) is 18.5. The van der Waals surface area contributed by atoms with Gasteiger partial charge >= 0.3 is 0 Å². The van der Waals surface area contributed by atoms with E-state index >= 15 is 0 Å². The number of rotatable bonds is 5. The summed E-state index contributed by atoms with van der Waals surface area (Å²) in [6, 6.07) is 55.1. The molecule has 0 aliphatic heterocycles. The van der Waals surface area contributed by atoms with E-state index in [4.69, 9.17) is 4.42 Å². The van der Waals surface area contributed by atoms with E-state index in [0.29, 0.717) is 0 Å². The van der Waals surface area contributed by atoms with Crippen LogP contribution in [0.15, 0.2) is 156 Å². The molecule has 0 atom stereocenters. The second-order valence-electron chi connectivity index (χ2n) is 15.2. The van der Waals surface area contributed by atoms with Gasteiger partial charge in [0.2, 0.25) is 0 Å². The minimum absolute atomic E-state index is 0. The minimum atomic E-state index is 0. The third kappa shape index (κ3) is 8.22. The maximum Gasteiger partial charge on any atom is 0.136 e. The molecule has 9 aromatic rings. The molecular formula is C51H42IrN2O-2. The topological polar surface area (TPSA) is 38.9 Å². The van der Waals surface area contributed by atoms with E-state index in [-0.39, 0.29) is 25.5 Å². The van der Waals surface area contributed by atoms with Crippen LogP contribution in [-0.4, -0.2) is 9.97 Å². The van der Waals surface area contributed by atoms with Crippen molar-refractivity contribution in [2.45, 2.75) is 41.0 Å². The quantitative estimate of drug-likeness (QED) is 0.162. The van der Waals surface area contributed by atoms with Crippen LogP contribution in [0, 0.1) is 31.4 Å². The van der Waals surface area contributed by atoms with Gasteiger partial charge < -0.3 is 14.4 Å². The SMILES string of the molecule is CC(C)(C)Cc1ccnc(-c2[c-]ccc(-c3cccc4c3ccc3oc5ccccc5c34)c2)c1.Cc1c[c-]c(-c2cc(-c3ccccc3)c(C)cn2)cc1.[Ir]. The van der Waals surface area contributed by atoms with Gasteiger partial charge in [-0.05, 0) is 81.4 Å². The number of fused-ring (bicyclic) bond motifs is 5. The van der Waals surface area contributed by atoms with Crippen molar-refractivity contribution in [3.05, 3.63) is 181 Å². The van der Waals surface area contributed by atoms with Crippen LogP contribution in [-0.2, 0) is 26.5 Å². The molecule has 9 rings (SSSR count). The molecule has 55 heavy (non-hydrogen) atoms. The smallest absolute Gasteiger partial charge is 0.136 e. The van der Waals surface area contributed by atoms with Gasteiger partial charge in [0.1, 0.15) is 11.2 Å². The van der Waals surface area contributed by atoms with Crippen LogP contribution in [0.4, 0.5) is 0 Å². The molecule has 0 unspecified atom stereocenters. The van der Waals surface area contributed by atoms with E-state index in [9.17, 15) is 0 Å². The van der Waals surface area contributed by atoms with Crippen LogP contribution in [0.25, 0.3) is 77.5 Å². The van der Waals surface area contributed by atoms with Crippen LogP contribution in [0.5, 0.6) is 0 Å². The molecule has 1 radical (unpaired) electrons. The number of hydrogen-bond acceptors (Lipinski definition) is 3. The van der Waals surface area contributed by atoms with Crippen molar-refractivity contribution in [2.75, 3.05) is 0 Å². The molecule has 0 aliphatic rings. The first-order valence-corrected chi connectivity index (χ1v) is 18.5. The normalized spacial score (nSPS) is 11.3. The molecule has 0 saturated carbocycles. The summed E-state index contributed by atoms with van der Waals surface area (Å²) in [4.78, 5) is 9.19. The molecule has 273 valence electrons. The summed E-state index contributed by atoms with van der Waals surface area (Å²) in [5, 5.41) is 4.75. The Kier molecular flexibility index (Phi) is 10.9. The van der Waals surface area contributed by atoms with Crippen LogP contribution in [0.3, 0.4) is 0 Å². The zero-order chi connectivity index (χ0) is 37.2. The van der Waals surface area contributed by atoms with Crippen LogP contribution in [0.2, 0.25) is 0 Å². The Hall–Kier alpha value is -5.67. The van der Waals surface area contributed by atoms with E-state index in [1.165, 1.54) is 49.5 Å². The molecule has 0 aliphatic carbocycles. The van der Waals surface area contributed by atoms with E-state index in [1.807, 2.05) is 42.7 Å². The van der Waals surface area contributed by atoms with E-state index in [1.54, 1.807) is 0 Å². The number of benzene rings is 6. The van der Waals surface area contributed by atoms with Crippen molar-refractivity contribution in [1.29, 1.82) is 0 Å². The third-order valence-corrected chi connectivity index (χ3v) is 9.78. The summed E-state index contributed by atoms with van der Waals surface area (Å²) in [5.74, 6) is 0. The number of furan rings is 1. The number of hydrogen-bond donors (Lipinski definition) is 0. The van der Waals surface area contributed by atoms with Crippen LogP contribution >= 0.6 is 0 Å². The Morgan fingerprint density at radius 2 is 1.38 bits per heavy atom. The predicted molar refractivity (Wildman–Crippen MR) is 225 cm³/mol. The standard InChI is InChI=1S/C32H26NO.C19H16N.Ir/c1-32(2,3)20-21-16-17-33-28(18-21)23-9-6-8-22(19-23)24-11-7-12-26-25(24)14-15-30-31(26)27-10-4-5-13-29(27)34-30;1-14-8-10-17(11-9-14)19-12-18(15(2)13-20-19)16-6-4-3-5-7-16;/h4-8,10-19H,20H2,1-3H3;3-10,12-13H,1-2H3;/q2*-1;. The van der Waals surface area contributed by atoms with Gasteiger partial charge in [0.05, 0.1) is 0 Å². The average molecular weight is 891 g/mol. The fraction of sp³-hybridized carbons (Fsp3) is 0.137. The van der Waals surface area contributed by atoms with Crippen molar-refractivity contribution < 1.29 is 24.5 Å². The summed E-state index contributed by atoms with van der Waals surface area (Å²) >= 11 is 0. The second-order valence-corrected chi connectivity index (χ2v) is 15.2. The van der Waals surface area contributed by atoms with Crippen molar-refractivity contribution in [3.8, 4) is 44.8 Å². The summed E-state index contributed by atoms with van der Waals surface area (Å²) in [6.45, 7) is 11.0. The fourth-order valence-corrected chi connectivity index (χ4v) is 7.22. The zero-order valence-electron chi connectivity index (χ0n) is 31.8. The van der Waals surface area contributed by atoms with Gasteiger partial charge in [0.25, 0.3) is 0 Å². The summed E-state index contributed by atoms with van der Waals surface area (Å²) < 4.78 is 6.12. The number of nitrogens with zero attached hydrogens (tertiary/aromatic N) is 2. The Labute approximate surface area is 337 Å². The largest absolute Gasteiger partial charge is 0.456 e. The first kappa shape index (κ1) is 37.6. The summed E-state index contributed by atoms with van der Waals surface area (Å²) in [6.07, 6.45) is 4.86. The number of para-hydroxylation sites is 1. The maximum absolute atomic E-state index is 6.12. The summed E-state index contributed by atoms with van der Waals surface area (Å²) in [7, 11) is 0. The molecular weight excluding hydrogens is 849 g/mol. The van der Waals surface area contributed by atoms with E-state index < -0.39 is 0 Å². The van der Waals surface area contributed by atoms with Gasteiger partial charge in [-0.2, -0.15) is 0 Å². The van der Waals surface area contributed by atoms with Crippen LogP contribution < -0.4 is 0 Å². The van der Waals surface area contributed by atoms with Gasteiger partial charge in [-0.25, -0.2) is 0 Å². The predicted octanol–water partition coefficient (Wildman–Crippen LogP) is 13.7. The van der Waals surface area contributed by atoms with Crippen molar-refractivity contribution in [3.63, 3.8) is 0 Å². The second kappa shape index (κ2) is 16.0. The molecule has 0 fully saturated rings. The average Bonchev–Trinajstić information content (AvgIpc) is 3.58.